The van der Waals surface area contributed by atoms with Crippen molar-refractivity contribution in [1.29, 1.82) is 5.26 Å². The third-order valence-electron chi connectivity index (χ3n) is 6.14. The van der Waals surface area contributed by atoms with Gasteiger partial charge in [-0.1, -0.05) is 27.2 Å². The van der Waals surface area contributed by atoms with E-state index < -0.39 is 16.4 Å². The van der Waals surface area contributed by atoms with Crippen molar-refractivity contribution in [3.63, 3.8) is 0 Å². The number of thiophene rings is 1. The number of anilines is 1. The lowest BCUT2D eigenvalue weighted by molar-refractivity contribution is -0.385. The molecule has 2 heterocycles. The Morgan fingerprint density at radius 3 is 2.83 bits per heavy atom. The summed E-state index contributed by atoms with van der Waals surface area (Å²) in [4.78, 5) is 35.9. The number of carbonyl (C=O) groups is 1. The highest BCUT2D eigenvalue weighted by atomic mass is 32.1. The van der Waals surface area contributed by atoms with Crippen molar-refractivity contribution in [3.8, 4) is 6.07 Å². The molecule has 0 saturated heterocycles. The lowest BCUT2D eigenvalue weighted by Gasteiger charge is -2.36. The molecule has 0 bridgehead atoms. The van der Waals surface area contributed by atoms with Gasteiger partial charge < -0.3 is 5.32 Å². The van der Waals surface area contributed by atoms with Crippen LogP contribution in [0.15, 0.2) is 23.1 Å². The third kappa shape index (κ3) is 4.28. The standard InChI is InChI=1S/C21H24N4O4S/c1-4-21(2,3)13-5-7-15-16(10-22)20(30-17(15)9-13)23-18(26)12-24-11-14(25(28)29)6-8-19(24)27/h6,8,11,13H,4-5,7,9,12H2,1-3H3,(H,23,26). The van der Waals surface area contributed by atoms with Crippen LogP contribution in [0, 0.1) is 32.8 Å². The van der Waals surface area contributed by atoms with E-state index in [0.717, 1.165) is 59.0 Å². The van der Waals surface area contributed by atoms with Crippen molar-refractivity contribution in [3.05, 3.63) is 54.8 Å². The number of fused-ring (bicyclic) bond motifs is 1. The Bertz CT molecular complexity index is 1090. The van der Waals surface area contributed by atoms with E-state index in [1.54, 1.807) is 0 Å². The highest BCUT2D eigenvalue weighted by molar-refractivity contribution is 7.16. The molecule has 8 nitrogen and oxygen atoms in total. The molecule has 3 rings (SSSR count). The molecule has 1 aliphatic carbocycles. The van der Waals surface area contributed by atoms with E-state index in [1.807, 2.05) is 0 Å². The number of aromatic nitrogens is 1. The summed E-state index contributed by atoms with van der Waals surface area (Å²) >= 11 is 1.42. The first-order valence-electron chi connectivity index (χ1n) is 9.85. The van der Waals surface area contributed by atoms with Gasteiger partial charge in [0.15, 0.2) is 0 Å². The molecule has 1 aliphatic rings. The molecule has 30 heavy (non-hydrogen) atoms. The fourth-order valence-corrected chi connectivity index (χ4v) is 5.11. The summed E-state index contributed by atoms with van der Waals surface area (Å²) in [5, 5.41) is 23.8. The molecule has 158 valence electrons. The van der Waals surface area contributed by atoms with E-state index in [2.05, 4.69) is 32.2 Å². The molecule has 0 radical (unpaired) electrons. The second kappa shape index (κ2) is 8.40. The fraction of sp³-hybridized carbons (Fsp3) is 0.476. The molecule has 0 saturated carbocycles. The summed E-state index contributed by atoms with van der Waals surface area (Å²) in [6.07, 6.45) is 4.82. The number of rotatable bonds is 6. The zero-order valence-corrected chi connectivity index (χ0v) is 18.0. The van der Waals surface area contributed by atoms with Gasteiger partial charge >= 0.3 is 0 Å². The second-order valence-corrected chi connectivity index (χ2v) is 9.37. The van der Waals surface area contributed by atoms with Crippen LogP contribution in [0.2, 0.25) is 0 Å². The Hall–Kier alpha value is -2.99. The van der Waals surface area contributed by atoms with Crippen molar-refractivity contribution in [2.75, 3.05) is 5.32 Å². The van der Waals surface area contributed by atoms with E-state index in [9.17, 15) is 25.0 Å². The van der Waals surface area contributed by atoms with Gasteiger partial charge in [-0.2, -0.15) is 5.26 Å². The quantitative estimate of drug-likeness (QED) is 0.553. The van der Waals surface area contributed by atoms with Crippen LogP contribution in [0.3, 0.4) is 0 Å². The number of nitrogens with one attached hydrogen (secondary N) is 1. The molecule has 0 aliphatic heterocycles. The SMILES string of the molecule is CCC(C)(C)C1CCc2c(sc(NC(=O)Cn3cc([N+](=O)[O-])ccc3=O)c2C#N)C1. The summed E-state index contributed by atoms with van der Waals surface area (Å²) in [5.74, 6) is 0.0188. The number of nitrogens with zero attached hydrogens (tertiary/aromatic N) is 3. The molecule has 0 fully saturated rings. The molecule has 1 N–H and O–H groups in total. The van der Waals surface area contributed by atoms with Gasteiger partial charge in [-0.15, -0.1) is 11.3 Å². The minimum Gasteiger partial charge on any atom is -0.315 e. The normalized spacial score (nSPS) is 15.9. The van der Waals surface area contributed by atoms with Crippen molar-refractivity contribution in [2.24, 2.45) is 11.3 Å². The summed E-state index contributed by atoms with van der Waals surface area (Å²) in [6.45, 7) is 6.35. The predicted octanol–water partition coefficient (Wildman–Crippen LogP) is 3.87. The van der Waals surface area contributed by atoms with E-state index in [1.165, 1.54) is 11.3 Å². The number of carbonyl (C=O) groups excluding carboxylic acids is 1. The monoisotopic (exact) mass is 428 g/mol. The second-order valence-electron chi connectivity index (χ2n) is 8.26. The smallest absolute Gasteiger partial charge is 0.285 e. The van der Waals surface area contributed by atoms with Crippen LogP contribution in [0.25, 0.3) is 0 Å². The average molecular weight is 429 g/mol. The Morgan fingerprint density at radius 2 is 2.20 bits per heavy atom. The topological polar surface area (TPSA) is 118 Å². The van der Waals surface area contributed by atoms with Gasteiger partial charge in [0.1, 0.15) is 17.6 Å². The Kier molecular flexibility index (Phi) is 6.08. The zero-order chi connectivity index (χ0) is 22.1. The zero-order valence-electron chi connectivity index (χ0n) is 17.2. The van der Waals surface area contributed by atoms with E-state index in [4.69, 9.17) is 0 Å². The van der Waals surface area contributed by atoms with E-state index in [-0.39, 0.29) is 17.6 Å². The number of amides is 1. The molecule has 2 aromatic heterocycles. The maximum atomic E-state index is 12.5. The van der Waals surface area contributed by atoms with Crippen LogP contribution >= 0.6 is 11.3 Å². The third-order valence-corrected chi connectivity index (χ3v) is 7.31. The van der Waals surface area contributed by atoms with Gasteiger partial charge in [-0.25, -0.2) is 0 Å². The fourth-order valence-electron chi connectivity index (χ4n) is 3.82. The lowest BCUT2D eigenvalue weighted by atomic mass is 9.69. The van der Waals surface area contributed by atoms with Gasteiger partial charge in [0.05, 0.1) is 16.7 Å². The van der Waals surface area contributed by atoms with Gasteiger partial charge in [0.2, 0.25) is 5.91 Å². The van der Waals surface area contributed by atoms with Crippen LogP contribution in [0.5, 0.6) is 0 Å². The summed E-state index contributed by atoms with van der Waals surface area (Å²) < 4.78 is 0.993. The van der Waals surface area contributed by atoms with E-state index >= 15 is 0 Å². The molecular formula is C21H24N4O4S. The minimum absolute atomic E-state index is 0.209. The molecule has 2 aromatic rings. The first kappa shape index (κ1) is 21.7. The van der Waals surface area contributed by atoms with Crippen molar-refractivity contribution >= 4 is 27.9 Å². The molecule has 1 amide bonds. The van der Waals surface area contributed by atoms with Crippen molar-refractivity contribution in [2.45, 2.75) is 53.0 Å². The van der Waals surface area contributed by atoms with E-state index in [0.29, 0.717) is 16.5 Å². The number of hydrogen-bond acceptors (Lipinski definition) is 6. The highest BCUT2D eigenvalue weighted by Crippen LogP contribution is 2.45. The largest absolute Gasteiger partial charge is 0.315 e. The molecule has 0 aromatic carbocycles. The molecule has 0 spiro atoms. The Labute approximate surface area is 178 Å². The number of hydrogen-bond donors (Lipinski definition) is 1. The maximum absolute atomic E-state index is 12.5. The van der Waals surface area contributed by atoms with Crippen molar-refractivity contribution < 1.29 is 9.72 Å². The summed E-state index contributed by atoms with van der Waals surface area (Å²) in [5.41, 5.74) is 0.930. The summed E-state index contributed by atoms with van der Waals surface area (Å²) in [7, 11) is 0. The number of nitro groups is 1. The van der Waals surface area contributed by atoms with Gasteiger partial charge in [0, 0.05) is 17.0 Å². The number of pyridine rings is 1. The van der Waals surface area contributed by atoms with Gasteiger partial charge in [-0.3, -0.25) is 24.3 Å². The molecule has 1 atom stereocenters. The lowest BCUT2D eigenvalue weighted by Crippen LogP contribution is -2.28. The average Bonchev–Trinajstić information content (AvgIpc) is 3.05. The first-order chi connectivity index (χ1) is 14.2. The summed E-state index contributed by atoms with van der Waals surface area (Å²) in [6, 6.07) is 4.38. The minimum atomic E-state index is -0.622. The Balaban J connectivity index is 1.81. The van der Waals surface area contributed by atoms with Crippen molar-refractivity contribution in [1.82, 2.24) is 4.57 Å². The molecule has 9 heteroatoms. The van der Waals surface area contributed by atoms with Crippen LogP contribution < -0.4 is 10.9 Å². The van der Waals surface area contributed by atoms with Crippen LogP contribution in [0.1, 0.15) is 49.6 Å². The van der Waals surface area contributed by atoms with Gasteiger partial charge in [-0.05, 0) is 36.2 Å². The molecular weight excluding hydrogens is 404 g/mol. The maximum Gasteiger partial charge on any atom is 0.285 e. The first-order valence-corrected chi connectivity index (χ1v) is 10.7. The Morgan fingerprint density at radius 1 is 1.47 bits per heavy atom. The highest BCUT2D eigenvalue weighted by Gasteiger charge is 2.34. The predicted molar refractivity (Wildman–Crippen MR) is 115 cm³/mol. The van der Waals surface area contributed by atoms with Crippen LogP contribution in [-0.4, -0.2) is 15.4 Å². The van der Waals surface area contributed by atoms with Crippen LogP contribution in [0.4, 0.5) is 10.7 Å². The van der Waals surface area contributed by atoms with Gasteiger partial charge in [0.25, 0.3) is 11.2 Å². The van der Waals surface area contributed by atoms with Crippen LogP contribution in [-0.2, 0) is 24.2 Å². The number of nitriles is 1. The molecule has 1 unspecified atom stereocenters.